The zero-order valence-electron chi connectivity index (χ0n) is 10.9. The summed E-state index contributed by atoms with van der Waals surface area (Å²) in [5, 5.41) is 8.46. The molecular weight excluding hydrogens is 264 g/mol. The number of hydrogen-bond donors (Lipinski definition) is 1. The molecule has 1 aromatic carbocycles. The number of benzene rings is 1. The zero-order valence-corrected chi connectivity index (χ0v) is 11.7. The Morgan fingerprint density at radius 2 is 1.63 bits per heavy atom. The summed E-state index contributed by atoms with van der Waals surface area (Å²) < 4.78 is 23.4. The fraction of sp³-hybridized carbons (Fsp3) is 0.500. The molecule has 5 heteroatoms. The summed E-state index contributed by atoms with van der Waals surface area (Å²) >= 11 is 0. The molecule has 0 aliphatic heterocycles. The molecular formula is C14H20O4S. The van der Waals surface area contributed by atoms with Crippen LogP contribution in [0.1, 0.15) is 31.2 Å². The first-order valence-electron chi connectivity index (χ1n) is 6.46. The number of aliphatic carboxylic acids is 1. The Balaban J connectivity index is 2.21. The lowest BCUT2D eigenvalue weighted by Crippen LogP contribution is -2.12. The lowest BCUT2D eigenvalue weighted by molar-refractivity contribution is -0.137. The second kappa shape index (κ2) is 7.94. The average Bonchev–Trinajstić information content (AvgIpc) is 2.36. The van der Waals surface area contributed by atoms with Gasteiger partial charge in [-0.1, -0.05) is 30.3 Å². The molecule has 0 amide bonds. The molecule has 0 bridgehead atoms. The van der Waals surface area contributed by atoms with Crippen molar-refractivity contribution in [2.45, 2.75) is 32.1 Å². The van der Waals surface area contributed by atoms with Crippen molar-refractivity contribution in [1.29, 1.82) is 0 Å². The fourth-order valence-electron chi connectivity index (χ4n) is 1.84. The van der Waals surface area contributed by atoms with Crippen LogP contribution in [0.5, 0.6) is 0 Å². The predicted molar refractivity (Wildman–Crippen MR) is 74.9 cm³/mol. The first-order valence-corrected chi connectivity index (χ1v) is 8.28. The number of aryl methyl sites for hydroxylation is 1. The monoisotopic (exact) mass is 284 g/mol. The van der Waals surface area contributed by atoms with E-state index in [-0.39, 0.29) is 17.9 Å². The van der Waals surface area contributed by atoms with Crippen molar-refractivity contribution in [3.63, 3.8) is 0 Å². The number of carboxylic acids is 1. The van der Waals surface area contributed by atoms with Crippen molar-refractivity contribution in [2.24, 2.45) is 0 Å². The highest BCUT2D eigenvalue weighted by molar-refractivity contribution is 7.91. The molecule has 0 aromatic heterocycles. The van der Waals surface area contributed by atoms with E-state index in [1.807, 2.05) is 30.3 Å². The highest BCUT2D eigenvalue weighted by Crippen LogP contribution is 2.06. The molecule has 0 saturated carbocycles. The second-order valence-electron chi connectivity index (χ2n) is 4.59. The molecule has 1 N–H and O–H groups in total. The lowest BCUT2D eigenvalue weighted by Gasteiger charge is -2.04. The van der Waals surface area contributed by atoms with Crippen LogP contribution in [0.4, 0.5) is 0 Å². The van der Waals surface area contributed by atoms with E-state index in [9.17, 15) is 13.2 Å². The largest absolute Gasteiger partial charge is 0.481 e. The standard InChI is InChI=1S/C14H20O4S/c15-14(16)10-4-5-11-19(17,18)12-6-9-13-7-2-1-3-8-13/h1-3,7-8H,4-6,9-12H2,(H,15,16). The summed E-state index contributed by atoms with van der Waals surface area (Å²) in [6, 6.07) is 9.78. The van der Waals surface area contributed by atoms with E-state index in [0.717, 1.165) is 12.0 Å². The molecule has 106 valence electrons. The first-order chi connectivity index (χ1) is 8.99. The van der Waals surface area contributed by atoms with Crippen LogP contribution in [0, 0.1) is 0 Å². The van der Waals surface area contributed by atoms with E-state index in [4.69, 9.17) is 5.11 Å². The maximum atomic E-state index is 11.7. The van der Waals surface area contributed by atoms with Crippen molar-refractivity contribution in [3.8, 4) is 0 Å². The van der Waals surface area contributed by atoms with Crippen molar-refractivity contribution in [1.82, 2.24) is 0 Å². The van der Waals surface area contributed by atoms with Gasteiger partial charge in [-0.2, -0.15) is 0 Å². The van der Waals surface area contributed by atoms with E-state index in [1.165, 1.54) is 0 Å². The molecule has 0 spiro atoms. The Kier molecular flexibility index (Phi) is 6.56. The van der Waals surface area contributed by atoms with Crippen LogP contribution in [-0.4, -0.2) is 31.0 Å². The number of hydrogen-bond acceptors (Lipinski definition) is 3. The Morgan fingerprint density at radius 1 is 1.00 bits per heavy atom. The Morgan fingerprint density at radius 3 is 2.26 bits per heavy atom. The van der Waals surface area contributed by atoms with E-state index in [2.05, 4.69) is 0 Å². The van der Waals surface area contributed by atoms with Crippen molar-refractivity contribution in [2.75, 3.05) is 11.5 Å². The van der Waals surface area contributed by atoms with Crippen LogP contribution in [0.2, 0.25) is 0 Å². The van der Waals surface area contributed by atoms with Crippen LogP contribution in [0.15, 0.2) is 30.3 Å². The van der Waals surface area contributed by atoms with Gasteiger partial charge in [0.25, 0.3) is 0 Å². The number of sulfone groups is 1. The molecule has 0 aliphatic carbocycles. The van der Waals surface area contributed by atoms with Crippen molar-refractivity contribution >= 4 is 15.8 Å². The van der Waals surface area contributed by atoms with Gasteiger partial charge in [-0.15, -0.1) is 0 Å². The molecule has 0 aliphatic rings. The second-order valence-corrected chi connectivity index (χ2v) is 6.90. The van der Waals surface area contributed by atoms with Gasteiger partial charge in [0.05, 0.1) is 11.5 Å². The minimum absolute atomic E-state index is 0.0412. The van der Waals surface area contributed by atoms with Gasteiger partial charge in [-0.3, -0.25) is 4.79 Å². The number of carbonyl (C=O) groups is 1. The molecule has 1 aromatic rings. The molecule has 1 rings (SSSR count). The third-order valence-corrected chi connectivity index (χ3v) is 4.68. The Labute approximate surface area is 114 Å². The van der Waals surface area contributed by atoms with E-state index in [1.54, 1.807) is 0 Å². The number of rotatable bonds is 9. The number of carboxylic acid groups (broad SMARTS) is 1. The molecule has 0 fully saturated rings. The summed E-state index contributed by atoms with van der Waals surface area (Å²) in [6.07, 6.45) is 2.27. The third kappa shape index (κ3) is 7.62. The van der Waals surface area contributed by atoms with Crippen LogP contribution in [-0.2, 0) is 21.1 Å². The van der Waals surface area contributed by atoms with Crippen LogP contribution >= 0.6 is 0 Å². The van der Waals surface area contributed by atoms with Gasteiger partial charge in [0.1, 0.15) is 9.84 Å². The Bertz CT molecular complexity index is 479. The average molecular weight is 284 g/mol. The van der Waals surface area contributed by atoms with E-state index in [0.29, 0.717) is 19.3 Å². The Hall–Kier alpha value is -1.36. The quantitative estimate of drug-likeness (QED) is 0.706. The summed E-state index contributed by atoms with van der Waals surface area (Å²) in [5.74, 6) is -0.606. The number of unbranched alkanes of at least 4 members (excludes halogenated alkanes) is 1. The molecule has 0 atom stereocenters. The third-order valence-electron chi connectivity index (χ3n) is 2.86. The van der Waals surface area contributed by atoms with Crippen LogP contribution < -0.4 is 0 Å². The van der Waals surface area contributed by atoms with Gasteiger partial charge >= 0.3 is 5.97 Å². The minimum atomic E-state index is -3.04. The van der Waals surface area contributed by atoms with Crippen LogP contribution in [0.3, 0.4) is 0 Å². The molecule has 4 nitrogen and oxygen atoms in total. The maximum absolute atomic E-state index is 11.7. The first kappa shape index (κ1) is 15.7. The molecule has 19 heavy (non-hydrogen) atoms. The van der Waals surface area contributed by atoms with Crippen LogP contribution in [0.25, 0.3) is 0 Å². The molecule has 0 saturated heterocycles. The van der Waals surface area contributed by atoms with Gasteiger partial charge in [-0.05, 0) is 31.2 Å². The van der Waals surface area contributed by atoms with Crippen molar-refractivity contribution in [3.05, 3.63) is 35.9 Å². The van der Waals surface area contributed by atoms with Gasteiger partial charge < -0.3 is 5.11 Å². The summed E-state index contributed by atoms with van der Waals surface area (Å²) in [6.45, 7) is 0. The highest BCUT2D eigenvalue weighted by atomic mass is 32.2. The fourth-order valence-corrected chi connectivity index (χ4v) is 3.27. The summed E-state index contributed by atoms with van der Waals surface area (Å²) in [7, 11) is -3.04. The van der Waals surface area contributed by atoms with E-state index >= 15 is 0 Å². The predicted octanol–water partition coefficient (Wildman–Crippen LogP) is 2.29. The minimum Gasteiger partial charge on any atom is -0.481 e. The topological polar surface area (TPSA) is 71.4 Å². The SMILES string of the molecule is O=C(O)CCCCS(=O)(=O)CCCc1ccccc1. The summed E-state index contributed by atoms with van der Waals surface area (Å²) in [5.41, 5.74) is 1.14. The normalized spacial score (nSPS) is 11.4. The van der Waals surface area contributed by atoms with Gasteiger partial charge in [0, 0.05) is 6.42 Å². The van der Waals surface area contributed by atoms with Crippen molar-refractivity contribution < 1.29 is 18.3 Å². The van der Waals surface area contributed by atoms with Gasteiger partial charge in [0.15, 0.2) is 0 Å². The zero-order chi connectivity index (χ0) is 14.1. The maximum Gasteiger partial charge on any atom is 0.303 e. The van der Waals surface area contributed by atoms with Gasteiger partial charge in [-0.25, -0.2) is 8.42 Å². The smallest absolute Gasteiger partial charge is 0.303 e. The molecule has 0 radical (unpaired) electrons. The molecule has 0 heterocycles. The lowest BCUT2D eigenvalue weighted by atomic mass is 10.1. The summed E-state index contributed by atoms with van der Waals surface area (Å²) in [4.78, 5) is 10.3. The van der Waals surface area contributed by atoms with Gasteiger partial charge in [0.2, 0.25) is 0 Å². The molecule has 0 unspecified atom stereocenters. The van der Waals surface area contributed by atoms with E-state index < -0.39 is 15.8 Å². The highest BCUT2D eigenvalue weighted by Gasteiger charge is 2.10.